The lowest BCUT2D eigenvalue weighted by Gasteiger charge is -2.24. The van der Waals surface area contributed by atoms with Crippen LogP contribution in [-0.2, 0) is 16.0 Å². The minimum Gasteiger partial charge on any atom is -0.428 e. The van der Waals surface area contributed by atoms with Crippen LogP contribution in [0.15, 0.2) is 35.9 Å². The Labute approximate surface area is 160 Å². The molecule has 0 aliphatic rings. The topological polar surface area (TPSA) is 99.1 Å². The lowest BCUT2D eigenvalue weighted by molar-refractivity contribution is -0.160. The van der Waals surface area contributed by atoms with Crippen LogP contribution >= 0.6 is 0 Å². The van der Waals surface area contributed by atoms with E-state index in [0.29, 0.717) is 11.6 Å². The van der Waals surface area contributed by atoms with Crippen molar-refractivity contribution in [1.82, 2.24) is 10.2 Å². The van der Waals surface area contributed by atoms with Gasteiger partial charge in [0.15, 0.2) is 0 Å². The van der Waals surface area contributed by atoms with E-state index in [-0.39, 0.29) is 11.3 Å². The molecule has 0 aliphatic carbocycles. The highest BCUT2D eigenvalue weighted by molar-refractivity contribution is 6.50. The van der Waals surface area contributed by atoms with Crippen LogP contribution in [0, 0.1) is 18.8 Å². The van der Waals surface area contributed by atoms with Crippen LogP contribution in [0.25, 0.3) is 0 Å². The Hall–Kier alpha value is -2.69. The van der Waals surface area contributed by atoms with Crippen molar-refractivity contribution < 1.29 is 27.8 Å². The molecule has 1 aromatic carbocycles. The molecule has 0 aliphatic heterocycles. The maximum atomic E-state index is 12.6. The summed E-state index contributed by atoms with van der Waals surface area (Å²) in [5.74, 6) is -3.22. The third-order valence-electron chi connectivity index (χ3n) is 4.03. The first kappa shape index (κ1) is 23.4. The molecule has 11 heteroatoms. The van der Waals surface area contributed by atoms with Gasteiger partial charge in [-0.15, -0.1) is 0 Å². The molecule has 28 heavy (non-hydrogen) atoms. The van der Waals surface area contributed by atoms with E-state index in [2.05, 4.69) is 17.0 Å². The first-order chi connectivity index (χ1) is 13.0. The zero-order valence-corrected chi connectivity index (χ0v) is 15.5. The largest absolute Gasteiger partial charge is 0.506 e. The Morgan fingerprint density at radius 1 is 1.36 bits per heavy atom. The van der Waals surface area contributed by atoms with Crippen LogP contribution in [0.1, 0.15) is 16.7 Å². The summed E-state index contributed by atoms with van der Waals surface area (Å²) < 4.78 is 37.8. The summed E-state index contributed by atoms with van der Waals surface area (Å²) in [6.07, 6.45) is -4.02. The Kier molecular flexibility index (Phi) is 8.36. The Morgan fingerprint density at radius 2 is 2.00 bits per heavy atom. The van der Waals surface area contributed by atoms with Crippen LogP contribution in [0.2, 0.25) is 0 Å². The lowest BCUT2D eigenvalue weighted by atomic mass is 9.71. The molecule has 7 nitrogen and oxygen atoms in total. The number of aryl methyl sites for hydroxylation is 2. The number of nitrogens with one attached hydrogen (secondary N) is 1. The molecule has 2 N–H and O–H groups in total. The summed E-state index contributed by atoms with van der Waals surface area (Å²) in [5, 5.41) is 14.5. The van der Waals surface area contributed by atoms with Gasteiger partial charge in [0.05, 0.1) is 5.94 Å². The zero-order chi connectivity index (χ0) is 21.5. The van der Waals surface area contributed by atoms with Crippen molar-refractivity contribution in [2.24, 2.45) is 5.09 Å². The number of nitrogens with zero attached hydrogens (tertiary/aromatic N) is 2. The molecule has 0 heterocycles. The zero-order valence-electron chi connectivity index (χ0n) is 15.5. The van der Waals surface area contributed by atoms with Gasteiger partial charge in [-0.25, -0.2) is 0 Å². The van der Waals surface area contributed by atoms with Crippen LogP contribution < -0.4 is 5.32 Å². The summed E-state index contributed by atoms with van der Waals surface area (Å²) in [6, 6.07) is 5.34. The van der Waals surface area contributed by atoms with E-state index in [1.807, 2.05) is 19.9 Å². The number of carbonyl (C=O) groups excluding carboxylic acids is 2. The smallest absolute Gasteiger partial charge is 0.428 e. The van der Waals surface area contributed by atoms with Crippen molar-refractivity contribution in [2.75, 3.05) is 13.1 Å². The van der Waals surface area contributed by atoms with Crippen molar-refractivity contribution in [3.05, 3.63) is 52.5 Å². The molecule has 152 valence electrons. The van der Waals surface area contributed by atoms with Crippen molar-refractivity contribution in [2.45, 2.75) is 32.4 Å². The van der Waals surface area contributed by atoms with Crippen molar-refractivity contribution in [3.8, 4) is 0 Å². The number of hydrogen-bond donors (Lipinski definition) is 2. The summed E-state index contributed by atoms with van der Waals surface area (Å²) in [7, 11) is -1.81. The predicted molar refractivity (Wildman–Crippen MR) is 98.2 cm³/mol. The maximum absolute atomic E-state index is 12.6. The maximum Gasteiger partial charge on any atom is 0.506 e. The highest BCUT2D eigenvalue weighted by Crippen LogP contribution is 2.17. The molecule has 0 aromatic heterocycles. The molecule has 1 atom stereocenters. The number of amides is 2. The van der Waals surface area contributed by atoms with E-state index in [0.717, 1.165) is 11.1 Å². The minimum atomic E-state index is -4.71. The SMILES string of the molecule is C=CC(=O)N(CC(=O)NC(Cc1ccc(C)c(C)c1)B(O)N=O)CC(F)(F)F. The van der Waals surface area contributed by atoms with Crippen molar-refractivity contribution in [3.63, 3.8) is 0 Å². The van der Waals surface area contributed by atoms with E-state index < -0.39 is 44.1 Å². The normalized spacial score (nSPS) is 12.1. The fourth-order valence-electron chi connectivity index (χ4n) is 2.47. The monoisotopic (exact) mass is 399 g/mol. The second-order valence-corrected chi connectivity index (χ2v) is 6.33. The Morgan fingerprint density at radius 3 is 2.50 bits per heavy atom. The van der Waals surface area contributed by atoms with Crippen molar-refractivity contribution >= 4 is 18.9 Å². The van der Waals surface area contributed by atoms with E-state index in [9.17, 15) is 32.7 Å². The number of benzene rings is 1. The second-order valence-electron chi connectivity index (χ2n) is 6.33. The standard InChI is InChI=1S/C17H21BF3N3O4/c1-4-16(26)24(10-17(19,20)21)9-15(25)22-14(18(27)23-28)8-13-6-5-11(2)12(3)7-13/h4-7,14,27H,1,8-10H2,2-3H3,(H,22,25). The summed E-state index contributed by atoms with van der Waals surface area (Å²) >= 11 is 0. The van der Waals surface area contributed by atoms with E-state index in [4.69, 9.17) is 0 Å². The fraction of sp³-hybridized carbons (Fsp3) is 0.412. The van der Waals surface area contributed by atoms with Gasteiger partial charge in [-0.1, -0.05) is 29.9 Å². The van der Waals surface area contributed by atoms with Gasteiger partial charge >= 0.3 is 13.2 Å². The van der Waals surface area contributed by atoms with Gasteiger partial charge in [0.1, 0.15) is 13.1 Å². The van der Waals surface area contributed by atoms with Gasteiger partial charge in [-0.05, 0) is 43.0 Å². The first-order valence-corrected chi connectivity index (χ1v) is 8.31. The molecule has 0 saturated heterocycles. The average molecular weight is 399 g/mol. The van der Waals surface area contributed by atoms with Gasteiger partial charge in [0.25, 0.3) is 0 Å². The van der Waals surface area contributed by atoms with Gasteiger partial charge in [-0.3, -0.25) is 9.59 Å². The van der Waals surface area contributed by atoms with E-state index >= 15 is 0 Å². The van der Waals surface area contributed by atoms with Crippen LogP contribution in [0.4, 0.5) is 13.2 Å². The third kappa shape index (κ3) is 7.51. The molecule has 1 rings (SSSR count). The number of rotatable bonds is 9. The molecule has 1 aromatic rings. The Bertz CT molecular complexity index is 743. The molecule has 2 amide bonds. The van der Waals surface area contributed by atoms with Crippen molar-refractivity contribution in [1.29, 1.82) is 0 Å². The molecule has 0 saturated carbocycles. The van der Waals surface area contributed by atoms with E-state index in [1.165, 1.54) is 0 Å². The summed E-state index contributed by atoms with van der Waals surface area (Å²) in [6.45, 7) is 4.30. The molecule has 0 radical (unpaired) electrons. The number of alkyl halides is 3. The number of hydrogen-bond acceptors (Lipinski definition) is 5. The molecular weight excluding hydrogens is 378 g/mol. The summed E-state index contributed by atoms with van der Waals surface area (Å²) in [5.41, 5.74) is 2.65. The quantitative estimate of drug-likeness (QED) is 0.375. The molecule has 0 bridgehead atoms. The Balaban J connectivity index is 2.90. The summed E-state index contributed by atoms with van der Waals surface area (Å²) in [4.78, 5) is 34.7. The first-order valence-electron chi connectivity index (χ1n) is 8.31. The molecular formula is C17H21BF3N3O4. The fourth-order valence-corrected chi connectivity index (χ4v) is 2.47. The van der Waals surface area contributed by atoms with Gasteiger partial charge in [0, 0.05) is 0 Å². The van der Waals surface area contributed by atoms with Gasteiger partial charge in [0.2, 0.25) is 11.8 Å². The molecule has 1 unspecified atom stereocenters. The molecule has 0 spiro atoms. The number of halogens is 3. The minimum absolute atomic E-state index is 0.0223. The third-order valence-corrected chi connectivity index (χ3v) is 4.03. The highest BCUT2D eigenvalue weighted by atomic mass is 19.4. The predicted octanol–water partition coefficient (Wildman–Crippen LogP) is 1.69. The number of carbonyl (C=O) groups is 2. The van der Waals surface area contributed by atoms with Crippen LogP contribution in [-0.4, -0.2) is 54.0 Å². The number of nitroso groups, excluding NO2 is 1. The lowest BCUT2D eigenvalue weighted by Crippen LogP contribution is -2.51. The second kappa shape index (κ2) is 10.0. The van der Waals surface area contributed by atoms with Crippen LogP contribution in [0.5, 0.6) is 0 Å². The molecule has 0 fully saturated rings. The van der Waals surface area contributed by atoms with Gasteiger partial charge < -0.3 is 15.2 Å². The highest BCUT2D eigenvalue weighted by Gasteiger charge is 2.34. The van der Waals surface area contributed by atoms with E-state index in [1.54, 1.807) is 12.1 Å². The van der Waals surface area contributed by atoms with Gasteiger partial charge in [-0.2, -0.15) is 18.1 Å². The van der Waals surface area contributed by atoms with Crippen LogP contribution in [0.3, 0.4) is 0 Å². The average Bonchev–Trinajstić information content (AvgIpc) is 2.61.